The standard InChI is InChI=1S/C15H11N3.C6H5NO2.ClHO4.H2O.Ru/c1-3-10-16-12(6-1)14-8-5-9-15(18-14)13-7-2-4-11-17-13;8-6(9)5-3-1-2-4-7-5;2-1(3,4)5;;/h1-11H;1-4H,(H,8,9);(H,2,3,4,5);1H2;/q;;;;+2/p-2. The molecule has 11 nitrogen and oxygen atoms in total. The minimum absolute atomic E-state index is 0. The average molecular weight is 574 g/mol. The van der Waals surface area contributed by atoms with Crippen molar-refractivity contribution >= 4 is 5.97 Å². The van der Waals surface area contributed by atoms with E-state index in [9.17, 15) is 9.90 Å². The van der Waals surface area contributed by atoms with Crippen LogP contribution < -0.4 is 23.7 Å². The van der Waals surface area contributed by atoms with Gasteiger partial charge in [0.2, 0.25) is 0 Å². The van der Waals surface area contributed by atoms with E-state index < -0.39 is 16.2 Å². The number of hydrogen-bond donors (Lipinski definition) is 0. The molecule has 0 saturated heterocycles. The summed E-state index contributed by atoms with van der Waals surface area (Å²) in [5.74, 6) is -1.24. The van der Waals surface area contributed by atoms with Crippen LogP contribution in [-0.4, -0.2) is 31.4 Å². The van der Waals surface area contributed by atoms with Gasteiger partial charge in [0.15, 0.2) is 0 Å². The first-order chi connectivity index (χ1) is 15.2. The molecule has 0 bridgehead atoms. The third-order valence-electron chi connectivity index (χ3n) is 3.48. The van der Waals surface area contributed by atoms with Gasteiger partial charge in [-0.1, -0.05) is 24.3 Å². The van der Waals surface area contributed by atoms with Gasteiger partial charge in [0.1, 0.15) is 0 Å². The van der Waals surface area contributed by atoms with E-state index in [4.69, 9.17) is 18.6 Å². The van der Waals surface area contributed by atoms with Crippen LogP contribution in [0, 0.1) is 10.2 Å². The Hall–Kier alpha value is -3.22. The van der Waals surface area contributed by atoms with Gasteiger partial charge >= 0.3 is 19.5 Å². The molecule has 34 heavy (non-hydrogen) atoms. The van der Waals surface area contributed by atoms with Crippen molar-refractivity contribution in [1.82, 2.24) is 19.9 Å². The van der Waals surface area contributed by atoms with Crippen molar-refractivity contribution in [2.75, 3.05) is 0 Å². The number of carbonyl (C=O) groups excluding carboxylic acids is 1. The maximum Gasteiger partial charge on any atom is 2.00 e. The van der Waals surface area contributed by atoms with Crippen LogP contribution in [0.3, 0.4) is 0 Å². The second-order valence-electron chi connectivity index (χ2n) is 5.72. The normalized spacial score (nSPS) is 9.53. The zero-order valence-electron chi connectivity index (χ0n) is 17.1. The first-order valence-corrected chi connectivity index (χ1v) is 10.0. The fourth-order valence-electron chi connectivity index (χ4n) is 2.23. The Morgan fingerprint density at radius 2 is 1.00 bits per heavy atom. The fraction of sp³-hybridized carbons (Fsp3) is 0. The van der Waals surface area contributed by atoms with Crippen molar-refractivity contribution in [3.63, 3.8) is 0 Å². The number of aromatic carboxylic acids is 1. The zero-order valence-corrected chi connectivity index (χ0v) is 19.6. The fourth-order valence-corrected chi connectivity index (χ4v) is 2.23. The van der Waals surface area contributed by atoms with Gasteiger partial charge in [0.05, 0.1) is 34.4 Å². The summed E-state index contributed by atoms with van der Waals surface area (Å²) in [4.78, 5) is 26.7. The molecule has 0 aliphatic carbocycles. The molecule has 0 unspecified atom stereocenters. The number of rotatable bonds is 3. The Balaban J connectivity index is 0.000000577. The molecule has 13 heteroatoms. The molecule has 0 spiro atoms. The summed E-state index contributed by atoms with van der Waals surface area (Å²) in [5, 5.41) is 10.0. The van der Waals surface area contributed by atoms with Crippen molar-refractivity contribution in [1.29, 1.82) is 0 Å². The minimum atomic E-state index is -4.94. The molecule has 178 valence electrons. The van der Waals surface area contributed by atoms with E-state index in [1.807, 2.05) is 54.6 Å². The van der Waals surface area contributed by atoms with E-state index >= 15 is 0 Å². The number of halogens is 1. The Morgan fingerprint density at radius 1 is 0.618 bits per heavy atom. The molecule has 0 radical (unpaired) electrons. The topological polar surface area (TPSA) is 215 Å². The van der Waals surface area contributed by atoms with Crippen molar-refractivity contribution in [3.8, 4) is 22.8 Å². The quantitative estimate of drug-likeness (QED) is 0.227. The summed E-state index contributed by atoms with van der Waals surface area (Å²) in [6.07, 6.45) is 4.94. The van der Waals surface area contributed by atoms with Gasteiger partial charge in [0, 0.05) is 18.6 Å². The van der Waals surface area contributed by atoms with Gasteiger partial charge in [-0.25, -0.2) is 23.6 Å². The summed E-state index contributed by atoms with van der Waals surface area (Å²) in [7, 11) is -4.94. The average Bonchev–Trinajstić information content (AvgIpc) is 2.80. The van der Waals surface area contributed by atoms with Crippen molar-refractivity contribution < 1.29 is 63.7 Å². The van der Waals surface area contributed by atoms with Crippen LogP contribution in [0.4, 0.5) is 0 Å². The van der Waals surface area contributed by atoms with Gasteiger partial charge < -0.3 is 15.4 Å². The predicted octanol–water partition coefficient (Wildman–Crippen LogP) is -2.93. The Labute approximate surface area is 209 Å². The van der Waals surface area contributed by atoms with Gasteiger partial charge in [-0.15, -0.1) is 10.2 Å². The molecule has 4 aromatic heterocycles. The Kier molecular flexibility index (Phi) is 14.1. The maximum atomic E-state index is 10.0. The number of carbonyl (C=O) groups is 1. The number of carboxylic acid groups (broad SMARTS) is 1. The van der Waals surface area contributed by atoms with Crippen molar-refractivity contribution in [3.05, 3.63) is 97.1 Å². The van der Waals surface area contributed by atoms with Gasteiger partial charge in [-0.2, -0.15) is 0 Å². The maximum absolute atomic E-state index is 10.0. The number of nitrogens with zero attached hydrogens (tertiary/aromatic N) is 4. The third-order valence-corrected chi connectivity index (χ3v) is 3.48. The molecule has 0 fully saturated rings. The van der Waals surface area contributed by atoms with Crippen LogP contribution in [0.1, 0.15) is 10.5 Å². The molecule has 4 aromatic rings. The summed E-state index contributed by atoms with van der Waals surface area (Å²) >= 11 is 0. The molecule has 0 amide bonds. The van der Waals surface area contributed by atoms with Crippen LogP contribution in [0.2, 0.25) is 0 Å². The van der Waals surface area contributed by atoms with Crippen molar-refractivity contribution in [2.24, 2.45) is 0 Å². The first-order valence-electron chi connectivity index (χ1n) is 8.78. The Morgan fingerprint density at radius 3 is 1.29 bits per heavy atom. The van der Waals surface area contributed by atoms with Crippen LogP contribution in [0.15, 0.2) is 91.4 Å². The van der Waals surface area contributed by atoms with E-state index in [-0.39, 0.29) is 30.6 Å². The molecule has 0 atom stereocenters. The van der Waals surface area contributed by atoms with Crippen molar-refractivity contribution in [2.45, 2.75) is 0 Å². The molecule has 0 aliphatic heterocycles. The Bertz CT molecular complexity index is 1050. The molecular formula is C21H17ClN4O7Ru. The minimum Gasteiger partial charge on any atom is -0.543 e. The molecule has 4 rings (SSSR count). The molecule has 2 N–H and O–H groups in total. The molecule has 4 heterocycles. The molecule has 0 saturated carbocycles. The summed E-state index contributed by atoms with van der Waals surface area (Å²) in [6.45, 7) is 0. The number of pyridine rings is 4. The number of carboxylic acids is 1. The van der Waals surface area contributed by atoms with E-state index in [1.165, 1.54) is 12.3 Å². The summed E-state index contributed by atoms with van der Waals surface area (Å²) in [5.41, 5.74) is 3.43. The summed E-state index contributed by atoms with van der Waals surface area (Å²) in [6, 6.07) is 22.1. The monoisotopic (exact) mass is 574 g/mol. The third kappa shape index (κ3) is 12.1. The summed E-state index contributed by atoms with van der Waals surface area (Å²) < 4.78 is 34.0. The smallest absolute Gasteiger partial charge is 0.543 e. The second kappa shape index (κ2) is 15.6. The molecule has 0 aromatic carbocycles. The number of aromatic nitrogens is 4. The van der Waals surface area contributed by atoms with E-state index in [2.05, 4.69) is 19.9 Å². The van der Waals surface area contributed by atoms with Crippen LogP contribution >= 0.6 is 0 Å². The SMILES string of the molecule is O.O=C([O-])c1ccccn1.[O-][Cl+3]([O-])([O-])[O-].[Ru+2].c1ccc(-c2cccc(-c3ccccn3)n2)nc1. The second-order valence-corrected chi connectivity index (χ2v) is 6.47. The zero-order chi connectivity index (χ0) is 23.4. The van der Waals surface area contributed by atoms with E-state index in [1.54, 1.807) is 24.5 Å². The van der Waals surface area contributed by atoms with E-state index in [0.717, 1.165) is 22.8 Å². The predicted molar refractivity (Wildman–Crippen MR) is 103 cm³/mol. The van der Waals surface area contributed by atoms with Crippen LogP contribution in [0.5, 0.6) is 0 Å². The number of hydrogen-bond acceptors (Lipinski definition) is 10. The van der Waals surface area contributed by atoms with Gasteiger partial charge in [0.25, 0.3) is 0 Å². The van der Waals surface area contributed by atoms with Gasteiger partial charge in [-0.05, 0) is 48.5 Å². The first kappa shape index (κ1) is 30.8. The van der Waals surface area contributed by atoms with E-state index in [0.29, 0.717) is 0 Å². The largest absolute Gasteiger partial charge is 2.00 e. The molecular weight excluding hydrogens is 557 g/mol. The van der Waals surface area contributed by atoms with Gasteiger partial charge in [-0.3, -0.25) is 15.0 Å². The van der Waals surface area contributed by atoms with Crippen LogP contribution in [-0.2, 0) is 19.5 Å². The molecule has 0 aliphatic rings. The van der Waals surface area contributed by atoms with Crippen LogP contribution in [0.25, 0.3) is 22.8 Å².